The van der Waals surface area contributed by atoms with Crippen molar-refractivity contribution in [3.05, 3.63) is 47.5 Å². The van der Waals surface area contributed by atoms with Crippen LogP contribution in [0.3, 0.4) is 0 Å². The summed E-state index contributed by atoms with van der Waals surface area (Å²) in [4.78, 5) is 10.9. The number of aldehydes is 1. The zero-order valence-electron chi connectivity index (χ0n) is 11.0. The molecule has 98 valence electrons. The van der Waals surface area contributed by atoms with Crippen molar-refractivity contribution in [3.63, 3.8) is 0 Å². The zero-order valence-corrected chi connectivity index (χ0v) is 11.0. The summed E-state index contributed by atoms with van der Waals surface area (Å²) in [5, 5.41) is 9.55. The molecule has 1 N–H and O–H groups in total. The smallest absolute Gasteiger partial charge is 0.153 e. The van der Waals surface area contributed by atoms with Gasteiger partial charge in [-0.3, -0.25) is 4.79 Å². The fourth-order valence-electron chi connectivity index (χ4n) is 1.97. The molecule has 19 heavy (non-hydrogen) atoms. The molecule has 0 unspecified atom stereocenters. The van der Waals surface area contributed by atoms with Crippen molar-refractivity contribution in [2.75, 3.05) is 6.61 Å². The van der Waals surface area contributed by atoms with E-state index in [0.29, 0.717) is 12.9 Å². The molecule has 0 spiro atoms. The monoisotopic (exact) mass is 256 g/mol. The van der Waals surface area contributed by atoms with Crippen LogP contribution in [0.25, 0.3) is 11.1 Å². The average molecular weight is 256 g/mol. The summed E-state index contributed by atoms with van der Waals surface area (Å²) in [5.41, 5.74) is 3.16. The van der Waals surface area contributed by atoms with Crippen molar-refractivity contribution >= 4 is 6.29 Å². The summed E-state index contributed by atoms with van der Waals surface area (Å²) in [6, 6.07) is 10.9. The number of phenols is 1. The first-order valence-corrected chi connectivity index (χ1v) is 6.17. The molecule has 0 amide bonds. The van der Waals surface area contributed by atoms with Gasteiger partial charge in [-0.25, -0.2) is 0 Å². The van der Waals surface area contributed by atoms with Gasteiger partial charge in [0, 0.05) is 5.56 Å². The number of aryl methyl sites for hydroxylation is 1. The topological polar surface area (TPSA) is 46.5 Å². The summed E-state index contributed by atoms with van der Waals surface area (Å²) in [6.45, 7) is 4.51. The molecule has 0 aliphatic carbocycles. The van der Waals surface area contributed by atoms with Crippen molar-refractivity contribution in [2.24, 2.45) is 0 Å². The summed E-state index contributed by atoms with van der Waals surface area (Å²) in [6.07, 6.45) is 0.648. The Morgan fingerprint density at radius 3 is 2.68 bits per heavy atom. The Balaban J connectivity index is 2.56. The van der Waals surface area contributed by atoms with Gasteiger partial charge in [-0.1, -0.05) is 17.7 Å². The highest BCUT2D eigenvalue weighted by Gasteiger charge is 2.09. The molecule has 0 bridgehead atoms. The van der Waals surface area contributed by atoms with Gasteiger partial charge in [-0.15, -0.1) is 0 Å². The van der Waals surface area contributed by atoms with E-state index in [2.05, 4.69) is 0 Å². The van der Waals surface area contributed by atoms with E-state index in [-0.39, 0.29) is 11.3 Å². The second-order valence-corrected chi connectivity index (χ2v) is 4.32. The van der Waals surface area contributed by atoms with E-state index in [1.54, 1.807) is 12.1 Å². The first-order chi connectivity index (χ1) is 9.15. The van der Waals surface area contributed by atoms with Crippen LogP contribution in [0.2, 0.25) is 0 Å². The van der Waals surface area contributed by atoms with Crippen molar-refractivity contribution < 1.29 is 14.6 Å². The number of carbonyl (C=O) groups is 1. The lowest BCUT2D eigenvalue weighted by molar-refractivity contribution is 0.112. The molecule has 0 saturated heterocycles. The van der Waals surface area contributed by atoms with E-state index in [0.717, 1.165) is 22.4 Å². The fourth-order valence-corrected chi connectivity index (χ4v) is 1.97. The number of phenolic OH excluding ortho intramolecular Hbond substituents is 1. The van der Waals surface area contributed by atoms with E-state index in [4.69, 9.17) is 4.74 Å². The quantitative estimate of drug-likeness (QED) is 0.850. The number of ether oxygens (including phenoxy) is 1. The van der Waals surface area contributed by atoms with Gasteiger partial charge < -0.3 is 9.84 Å². The second-order valence-electron chi connectivity index (χ2n) is 4.32. The summed E-state index contributed by atoms with van der Waals surface area (Å²) in [7, 11) is 0. The van der Waals surface area contributed by atoms with Crippen molar-refractivity contribution in [1.29, 1.82) is 0 Å². The molecule has 0 atom stereocenters. The first kappa shape index (κ1) is 13.1. The maximum Gasteiger partial charge on any atom is 0.153 e. The van der Waals surface area contributed by atoms with E-state index >= 15 is 0 Å². The van der Waals surface area contributed by atoms with E-state index < -0.39 is 0 Å². The fraction of sp³-hybridized carbons (Fsp3) is 0.188. The molecule has 2 aromatic carbocycles. The second kappa shape index (κ2) is 5.57. The highest BCUT2D eigenvalue weighted by molar-refractivity contribution is 5.84. The Morgan fingerprint density at radius 2 is 2.00 bits per heavy atom. The van der Waals surface area contributed by atoms with Crippen LogP contribution < -0.4 is 4.74 Å². The molecule has 2 aromatic rings. The molecule has 0 heterocycles. The molecule has 0 saturated carbocycles. The van der Waals surface area contributed by atoms with Crippen LogP contribution in [0, 0.1) is 6.92 Å². The number of aromatic hydroxyl groups is 1. The molecule has 2 rings (SSSR count). The van der Waals surface area contributed by atoms with Gasteiger partial charge in [-0.2, -0.15) is 0 Å². The zero-order chi connectivity index (χ0) is 13.8. The van der Waals surface area contributed by atoms with Crippen LogP contribution >= 0.6 is 0 Å². The summed E-state index contributed by atoms with van der Waals surface area (Å²) >= 11 is 0. The SMILES string of the molecule is CCOc1ccc(C)cc1-c1ccc(O)c(C=O)c1. The first-order valence-electron chi connectivity index (χ1n) is 6.17. The van der Waals surface area contributed by atoms with Crippen molar-refractivity contribution in [2.45, 2.75) is 13.8 Å². The van der Waals surface area contributed by atoms with E-state index in [1.165, 1.54) is 6.07 Å². The lowest BCUT2D eigenvalue weighted by atomic mass is 10.00. The number of hydrogen-bond donors (Lipinski definition) is 1. The van der Waals surface area contributed by atoms with Crippen molar-refractivity contribution in [1.82, 2.24) is 0 Å². The number of rotatable bonds is 4. The molecule has 0 aromatic heterocycles. The molecule has 0 aliphatic heterocycles. The van der Waals surface area contributed by atoms with E-state index in [9.17, 15) is 9.90 Å². The number of benzene rings is 2. The molecule has 0 radical (unpaired) electrons. The van der Waals surface area contributed by atoms with Crippen LogP contribution in [-0.2, 0) is 0 Å². The van der Waals surface area contributed by atoms with E-state index in [1.807, 2.05) is 32.0 Å². The Morgan fingerprint density at radius 1 is 1.21 bits per heavy atom. The lowest BCUT2D eigenvalue weighted by Gasteiger charge is -2.12. The molecule has 0 aliphatic rings. The predicted molar refractivity (Wildman–Crippen MR) is 74.8 cm³/mol. The number of hydrogen-bond acceptors (Lipinski definition) is 3. The van der Waals surface area contributed by atoms with Gasteiger partial charge in [0.1, 0.15) is 11.5 Å². The Kier molecular flexibility index (Phi) is 3.85. The van der Waals surface area contributed by atoms with Gasteiger partial charge in [0.2, 0.25) is 0 Å². The lowest BCUT2D eigenvalue weighted by Crippen LogP contribution is -1.95. The van der Waals surface area contributed by atoms with Crippen LogP contribution in [-0.4, -0.2) is 18.0 Å². The largest absolute Gasteiger partial charge is 0.507 e. The molecular formula is C16H16O3. The van der Waals surface area contributed by atoms with Crippen LogP contribution in [0.1, 0.15) is 22.8 Å². The Bertz CT molecular complexity index is 603. The Hall–Kier alpha value is -2.29. The van der Waals surface area contributed by atoms with Gasteiger partial charge in [-0.05, 0) is 43.7 Å². The highest BCUT2D eigenvalue weighted by Crippen LogP contribution is 2.33. The summed E-state index contributed by atoms with van der Waals surface area (Å²) < 4.78 is 5.60. The normalized spacial score (nSPS) is 10.2. The predicted octanol–water partition coefficient (Wildman–Crippen LogP) is 3.58. The standard InChI is InChI=1S/C16H16O3/c1-3-19-16-7-4-11(2)8-14(16)12-5-6-15(18)13(9-12)10-17/h4-10,18H,3H2,1-2H3. The van der Waals surface area contributed by atoms with Gasteiger partial charge in [0.05, 0.1) is 12.2 Å². The molecular weight excluding hydrogens is 240 g/mol. The third kappa shape index (κ3) is 2.76. The van der Waals surface area contributed by atoms with Crippen LogP contribution in [0.4, 0.5) is 0 Å². The average Bonchev–Trinajstić information content (AvgIpc) is 2.42. The minimum absolute atomic E-state index is 0.00985. The van der Waals surface area contributed by atoms with Gasteiger partial charge >= 0.3 is 0 Å². The minimum atomic E-state index is -0.00985. The highest BCUT2D eigenvalue weighted by atomic mass is 16.5. The molecule has 0 fully saturated rings. The van der Waals surface area contributed by atoms with Crippen molar-refractivity contribution in [3.8, 4) is 22.6 Å². The third-order valence-electron chi connectivity index (χ3n) is 2.90. The van der Waals surface area contributed by atoms with Gasteiger partial charge in [0.25, 0.3) is 0 Å². The maximum absolute atomic E-state index is 10.9. The number of carbonyl (C=O) groups excluding carboxylic acids is 1. The van der Waals surface area contributed by atoms with Crippen LogP contribution in [0.5, 0.6) is 11.5 Å². The maximum atomic E-state index is 10.9. The summed E-state index contributed by atoms with van der Waals surface area (Å²) in [5.74, 6) is 0.764. The minimum Gasteiger partial charge on any atom is -0.507 e. The Labute approximate surface area is 112 Å². The molecule has 3 heteroatoms. The third-order valence-corrected chi connectivity index (χ3v) is 2.90. The molecule has 3 nitrogen and oxygen atoms in total. The van der Waals surface area contributed by atoms with Crippen LogP contribution in [0.15, 0.2) is 36.4 Å². The van der Waals surface area contributed by atoms with Gasteiger partial charge in [0.15, 0.2) is 6.29 Å².